The minimum absolute atomic E-state index is 0.0954. The lowest BCUT2D eigenvalue weighted by molar-refractivity contribution is -0.387. The van der Waals surface area contributed by atoms with Crippen LogP contribution in [0, 0.1) is 0 Å². The molecule has 0 spiro atoms. The van der Waals surface area contributed by atoms with Crippen LogP contribution in [0.4, 0.5) is 0 Å². The first-order chi connectivity index (χ1) is 21.5. The highest BCUT2D eigenvalue weighted by molar-refractivity contribution is 5.87. The highest BCUT2D eigenvalue weighted by Crippen LogP contribution is 2.22. The van der Waals surface area contributed by atoms with Gasteiger partial charge in [0.1, 0.15) is 30.5 Å². The summed E-state index contributed by atoms with van der Waals surface area (Å²) in [5, 5.41) is 72.7. The maximum atomic E-state index is 12.3. The van der Waals surface area contributed by atoms with E-state index in [4.69, 9.17) is 28.8 Å². The van der Waals surface area contributed by atoms with E-state index in [1.807, 2.05) is 0 Å². The summed E-state index contributed by atoms with van der Waals surface area (Å²) >= 11 is 0. The van der Waals surface area contributed by atoms with Crippen molar-refractivity contribution >= 4 is 17.6 Å². The van der Waals surface area contributed by atoms with E-state index in [1.54, 1.807) is 0 Å². The minimum Gasteiger partial charge on any atom is -0.394 e. The summed E-state index contributed by atoms with van der Waals surface area (Å²) in [5.41, 5.74) is 0. The van der Waals surface area contributed by atoms with Gasteiger partial charge in [0.15, 0.2) is 18.4 Å². The molecule has 2 amide bonds. The Hall–Kier alpha value is -1.87. The van der Waals surface area contributed by atoms with Crippen molar-refractivity contribution in [2.75, 3.05) is 33.0 Å². The van der Waals surface area contributed by atoms with E-state index in [0.29, 0.717) is 51.5 Å². The van der Waals surface area contributed by atoms with Gasteiger partial charge >= 0.3 is 0 Å². The molecule has 0 aliphatic carbocycles. The first-order valence-corrected chi connectivity index (χ1v) is 15.4. The van der Waals surface area contributed by atoms with E-state index in [-0.39, 0.29) is 43.7 Å². The van der Waals surface area contributed by atoms with Crippen molar-refractivity contribution in [1.29, 1.82) is 0 Å². The lowest BCUT2D eigenvalue weighted by atomic mass is 9.99. The Labute approximate surface area is 261 Å². The van der Waals surface area contributed by atoms with Crippen LogP contribution in [0.15, 0.2) is 0 Å². The summed E-state index contributed by atoms with van der Waals surface area (Å²) in [6, 6.07) is -0.647. The molecule has 0 bridgehead atoms. The summed E-state index contributed by atoms with van der Waals surface area (Å²) in [6.07, 6.45) is -8.05. The Morgan fingerprint density at radius 3 is 1.91 bits per heavy atom. The molecular formula is C28H50N2O15. The largest absolute Gasteiger partial charge is 0.394 e. The lowest BCUT2D eigenvalue weighted by Gasteiger charge is -2.39. The van der Waals surface area contributed by atoms with E-state index in [2.05, 4.69) is 10.6 Å². The van der Waals surface area contributed by atoms with Crippen molar-refractivity contribution < 1.29 is 73.8 Å². The molecule has 9 N–H and O–H groups in total. The van der Waals surface area contributed by atoms with E-state index in [0.717, 1.165) is 0 Å². The summed E-state index contributed by atoms with van der Waals surface area (Å²) in [6.45, 7) is 1.01. The topological polar surface area (TPSA) is 263 Å². The molecule has 0 radical (unpaired) electrons. The molecule has 45 heavy (non-hydrogen) atoms. The third-order valence-electron chi connectivity index (χ3n) is 7.40. The number of amides is 2. The average Bonchev–Trinajstić information content (AvgIpc) is 3.00. The molecule has 0 aromatic heterocycles. The zero-order chi connectivity index (χ0) is 33.4. The smallest absolute Gasteiger partial charge is 0.220 e. The molecule has 0 aromatic rings. The molecular weight excluding hydrogens is 604 g/mol. The molecule has 17 heteroatoms. The van der Waals surface area contributed by atoms with Gasteiger partial charge in [-0.25, -0.2) is 0 Å². The molecule has 8 unspecified atom stereocenters. The molecule has 262 valence electrons. The summed E-state index contributed by atoms with van der Waals surface area (Å²) in [7, 11) is 0. The van der Waals surface area contributed by atoms with Crippen LogP contribution in [-0.4, -0.2) is 148 Å². The number of hydrogen-bond acceptors (Lipinski definition) is 15. The molecule has 10 atom stereocenters. The van der Waals surface area contributed by atoms with E-state index < -0.39 is 74.9 Å². The maximum Gasteiger partial charge on any atom is 0.220 e. The van der Waals surface area contributed by atoms with E-state index in [1.165, 1.54) is 6.92 Å². The Bertz CT molecular complexity index is 881. The van der Waals surface area contributed by atoms with Crippen LogP contribution < -0.4 is 10.6 Å². The van der Waals surface area contributed by atoms with Crippen molar-refractivity contribution in [3.8, 4) is 0 Å². The second kappa shape index (κ2) is 21.1. The molecule has 2 saturated heterocycles. The monoisotopic (exact) mass is 654 g/mol. The van der Waals surface area contributed by atoms with Gasteiger partial charge in [0.25, 0.3) is 0 Å². The van der Waals surface area contributed by atoms with Crippen LogP contribution in [0.25, 0.3) is 0 Å². The summed E-state index contributed by atoms with van der Waals surface area (Å²) in [4.78, 5) is 36.4. The van der Waals surface area contributed by atoms with Crippen LogP contribution in [0.5, 0.6) is 0 Å². The van der Waals surface area contributed by atoms with Gasteiger partial charge in [-0.15, -0.1) is 0 Å². The number of ketones is 1. The molecule has 0 aromatic carbocycles. The third-order valence-corrected chi connectivity index (χ3v) is 7.40. The molecule has 17 nitrogen and oxygen atoms in total. The lowest BCUT2D eigenvalue weighted by Crippen LogP contribution is -2.59. The number of carbonyl (C=O) groups is 3. The predicted molar refractivity (Wildman–Crippen MR) is 152 cm³/mol. The molecule has 2 aliphatic heterocycles. The Morgan fingerprint density at radius 1 is 0.689 bits per heavy atom. The number of carbonyl (C=O) groups excluding carboxylic acids is 3. The van der Waals surface area contributed by atoms with Gasteiger partial charge in [0.05, 0.1) is 19.3 Å². The Balaban J connectivity index is 1.51. The second-order valence-electron chi connectivity index (χ2n) is 11.1. The minimum atomic E-state index is -1.53. The number of Topliss-reactive ketones (excluding diaryl/α,β-unsaturated/α-hetero) is 1. The number of aliphatic hydroxyl groups is 7. The zero-order valence-corrected chi connectivity index (χ0v) is 25.6. The normalized spacial score (nSPS) is 30.9. The molecule has 2 aliphatic rings. The SMILES string of the molecule is CC(=O)C(CCCCNC(=O)CCCCOC1OC(CO)C(O)O[C@H]1O)NC(=O)CCCCO[C@@H]1OC(CO)C(O)C(O)C1O. The van der Waals surface area contributed by atoms with E-state index in [9.17, 15) is 45.0 Å². The Kier molecular flexibility index (Phi) is 18.4. The van der Waals surface area contributed by atoms with Gasteiger partial charge in [0.2, 0.25) is 24.4 Å². The predicted octanol–water partition coefficient (Wildman–Crippen LogP) is -3.11. The quantitative estimate of drug-likeness (QED) is 0.0555. The van der Waals surface area contributed by atoms with Gasteiger partial charge in [-0.05, 0) is 51.9 Å². The number of nitrogens with one attached hydrogen (secondary N) is 2. The third kappa shape index (κ3) is 13.8. The number of ether oxygens (including phenoxy) is 5. The van der Waals surface area contributed by atoms with Crippen LogP contribution in [0.1, 0.15) is 64.7 Å². The summed E-state index contributed by atoms with van der Waals surface area (Å²) < 4.78 is 26.1. The van der Waals surface area contributed by atoms with Gasteiger partial charge < -0.3 is 70.1 Å². The van der Waals surface area contributed by atoms with Crippen molar-refractivity contribution in [2.45, 2.75) is 126 Å². The van der Waals surface area contributed by atoms with Crippen molar-refractivity contribution in [3.63, 3.8) is 0 Å². The number of hydrogen-bond donors (Lipinski definition) is 9. The van der Waals surface area contributed by atoms with Crippen molar-refractivity contribution in [2.24, 2.45) is 0 Å². The van der Waals surface area contributed by atoms with Gasteiger partial charge in [-0.2, -0.15) is 0 Å². The van der Waals surface area contributed by atoms with Crippen LogP contribution in [-0.2, 0) is 38.1 Å². The molecule has 2 rings (SSSR count). The fraction of sp³-hybridized carbons (Fsp3) is 0.893. The fourth-order valence-corrected chi connectivity index (χ4v) is 4.67. The summed E-state index contributed by atoms with van der Waals surface area (Å²) in [5.74, 6) is -0.632. The van der Waals surface area contributed by atoms with E-state index >= 15 is 0 Å². The number of aliphatic hydroxyl groups excluding tert-OH is 7. The van der Waals surface area contributed by atoms with Gasteiger partial charge in [0, 0.05) is 32.6 Å². The standard InChI is InChI=1S/C28H50N2O15/c1-16(33)17(30-21(35)10-4-7-12-41-27-24(38)23(37)22(36)18(14-31)43-27)8-2-5-11-29-20(34)9-3-6-13-42-28-26(40)45-25(39)19(15-32)44-28/h17-19,22-28,31-32,36-40H,2-15H2,1H3,(H,29,34)(H,30,35)/t17?,18?,19?,22?,23?,24?,25?,26-,27-,28?/m1/s1. The highest BCUT2D eigenvalue weighted by atomic mass is 16.8. The second-order valence-corrected chi connectivity index (χ2v) is 11.1. The molecule has 2 heterocycles. The highest BCUT2D eigenvalue weighted by Gasteiger charge is 2.44. The number of unbranched alkanes of at least 4 members (excludes halogenated alkanes) is 3. The average molecular weight is 655 g/mol. The fourth-order valence-electron chi connectivity index (χ4n) is 4.67. The van der Waals surface area contributed by atoms with Crippen molar-refractivity contribution in [3.05, 3.63) is 0 Å². The number of rotatable bonds is 21. The Morgan fingerprint density at radius 2 is 1.29 bits per heavy atom. The van der Waals surface area contributed by atoms with Crippen molar-refractivity contribution in [1.82, 2.24) is 10.6 Å². The first kappa shape index (κ1) is 39.3. The van der Waals surface area contributed by atoms with Crippen LogP contribution in [0.2, 0.25) is 0 Å². The molecule has 2 fully saturated rings. The maximum absolute atomic E-state index is 12.3. The van der Waals surface area contributed by atoms with Crippen LogP contribution in [0.3, 0.4) is 0 Å². The van der Waals surface area contributed by atoms with Gasteiger partial charge in [-0.1, -0.05) is 0 Å². The zero-order valence-electron chi connectivity index (χ0n) is 25.6. The van der Waals surface area contributed by atoms with Crippen LogP contribution >= 0.6 is 0 Å². The first-order valence-electron chi connectivity index (χ1n) is 15.4. The molecule has 0 saturated carbocycles. The van der Waals surface area contributed by atoms with Gasteiger partial charge in [-0.3, -0.25) is 14.4 Å².